The number of halogens is 1. The van der Waals surface area contributed by atoms with Crippen LogP contribution in [0, 0.1) is 12.7 Å². The SMILES string of the molecule is COCc1ccc(COC)c(F)c1C. The molecular formula is C11H15FO2. The molecule has 0 saturated heterocycles. The van der Waals surface area contributed by atoms with Crippen LogP contribution in [0.1, 0.15) is 16.7 Å². The van der Waals surface area contributed by atoms with Crippen LogP contribution in [0.25, 0.3) is 0 Å². The van der Waals surface area contributed by atoms with E-state index in [9.17, 15) is 4.39 Å². The Labute approximate surface area is 83.6 Å². The van der Waals surface area contributed by atoms with Gasteiger partial charge in [-0.1, -0.05) is 12.1 Å². The molecule has 2 nitrogen and oxygen atoms in total. The van der Waals surface area contributed by atoms with Crippen LogP contribution >= 0.6 is 0 Å². The average molecular weight is 198 g/mol. The van der Waals surface area contributed by atoms with Crippen molar-refractivity contribution < 1.29 is 13.9 Å². The molecule has 0 heterocycles. The van der Waals surface area contributed by atoms with Crippen molar-refractivity contribution in [3.05, 3.63) is 34.6 Å². The van der Waals surface area contributed by atoms with Crippen LogP contribution in [-0.2, 0) is 22.7 Å². The Morgan fingerprint density at radius 3 is 2.14 bits per heavy atom. The molecule has 1 aromatic rings. The molecule has 0 radical (unpaired) electrons. The van der Waals surface area contributed by atoms with E-state index < -0.39 is 0 Å². The zero-order valence-corrected chi connectivity index (χ0v) is 8.76. The van der Waals surface area contributed by atoms with Gasteiger partial charge in [0.25, 0.3) is 0 Å². The third kappa shape index (κ3) is 2.30. The van der Waals surface area contributed by atoms with Crippen LogP contribution < -0.4 is 0 Å². The van der Waals surface area contributed by atoms with E-state index in [1.54, 1.807) is 27.2 Å². The van der Waals surface area contributed by atoms with E-state index in [1.165, 1.54) is 0 Å². The molecular weight excluding hydrogens is 183 g/mol. The number of hydrogen-bond acceptors (Lipinski definition) is 2. The van der Waals surface area contributed by atoms with Crippen molar-refractivity contribution in [2.75, 3.05) is 14.2 Å². The topological polar surface area (TPSA) is 18.5 Å². The summed E-state index contributed by atoms with van der Waals surface area (Å²) in [6, 6.07) is 3.61. The lowest BCUT2D eigenvalue weighted by Crippen LogP contribution is -2.00. The lowest BCUT2D eigenvalue weighted by molar-refractivity contribution is 0.178. The number of hydrogen-bond donors (Lipinski definition) is 0. The number of ether oxygens (including phenoxy) is 2. The summed E-state index contributed by atoms with van der Waals surface area (Å²) >= 11 is 0. The monoisotopic (exact) mass is 198 g/mol. The largest absolute Gasteiger partial charge is 0.380 e. The van der Waals surface area contributed by atoms with Gasteiger partial charge < -0.3 is 9.47 Å². The Morgan fingerprint density at radius 2 is 1.57 bits per heavy atom. The van der Waals surface area contributed by atoms with Crippen LogP contribution in [-0.4, -0.2) is 14.2 Å². The first-order chi connectivity index (χ1) is 6.70. The maximum atomic E-state index is 13.6. The molecule has 0 N–H and O–H groups in total. The number of rotatable bonds is 4. The van der Waals surface area contributed by atoms with Gasteiger partial charge in [-0.3, -0.25) is 0 Å². The highest BCUT2D eigenvalue weighted by atomic mass is 19.1. The molecule has 0 saturated carbocycles. The number of methoxy groups -OCH3 is 2. The molecule has 1 aromatic carbocycles. The minimum atomic E-state index is -0.193. The molecule has 0 aliphatic heterocycles. The van der Waals surface area contributed by atoms with Gasteiger partial charge in [0.1, 0.15) is 5.82 Å². The zero-order valence-electron chi connectivity index (χ0n) is 8.76. The Balaban J connectivity index is 2.99. The van der Waals surface area contributed by atoms with E-state index in [0.717, 1.165) is 5.56 Å². The lowest BCUT2D eigenvalue weighted by Gasteiger charge is -2.09. The molecule has 14 heavy (non-hydrogen) atoms. The Bertz CT molecular complexity index is 279. The quantitative estimate of drug-likeness (QED) is 0.739. The summed E-state index contributed by atoms with van der Waals surface area (Å²) in [6.07, 6.45) is 0. The molecule has 1 rings (SSSR count). The average Bonchev–Trinajstić information content (AvgIpc) is 2.18. The smallest absolute Gasteiger partial charge is 0.131 e. The highest BCUT2D eigenvalue weighted by molar-refractivity contribution is 5.32. The Kier molecular flexibility index (Phi) is 4.04. The summed E-state index contributed by atoms with van der Waals surface area (Å²) in [6.45, 7) is 2.50. The first kappa shape index (κ1) is 11.1. The van der Waals surface area contributed by atoms with E-state index in [2.05, 4.69) is 0 Å². The van der Waals surface area contributed by atoms with Crippen LogP contribution in [0.3, 0.4) is 0 Å². The van der Waals surface area contributed by atoms with Gasteiger partial charge in [-0.2, -0.15) is 0 Å². The van der Waals surface area contributed by atoms with Crippen molar-refractivity contribution in [2.24, 2.45) is 0 Å². The van der Waals surface area contributed by atoms with Gasteiger partial charge in [0.15, 0.2) is 0 Å². The summed E-state index contributed by atoms with van der Waals surface area (Å²) < 4.78 is 23.5. The van der Waals surface area contributed by atoms with Crippen molar-refractivity contribution in [3.8, 4) is 0 Å². The highest BCUT2D eigenvalue weighted by Gasteiger charge is 2.08. The van der Waals surface area contributed by atoms with Crippen LogP contribution in [0.5, 0.6) is 0 Å². The molecule has 0 unspecified atom stereocenters. The molecule has 0 amide bonds. The normalized spacial score (nSPS) is 10.6. The third-order valence-corrected chi connectivity index (χ3v) is 2.18. The van der Waals surface area contributed by atoms with E-state index in [-0.39, 0.29) is 5.82 Å². The molecule has 3 heteroatoms. The minimum absolute atomic E-state index is 0.193. The summed E-state index contributed by atoms with van der Waals surface area (Å²) in [4.78, 5) is 0. The Hall–Kier alpha value is -0.930. The molecule has 0 bridgehead atoms. The van der Waals surface area contributed by atoms with E-state index in [0.29, 0.717) is 24.3 Å². The first-order valence-corrected chi connectivity index (χ1v) is 4.45. The van der Waals surface area contributed by atoms with Crippen molar-refractivity contribution in [1.29, 1.82) is 0 Å². The van der Waals surface area contributed by atoms with E-state index in [4.69, 9.17) is 9.47 Å². The molecule has 0 aliphatic rings. The summed E-state index contributed by atoms with van der Waals surface area (Å²) in [7, 11) is 3.15. The first-order valence-electron chi connectivity index (χ1n) is 4.45. The predicted octanol–water partition coefficient (Wildman–Crippen LogP) is 2.43. The molecule has 0 aromatic heterocycles. The van der Waals surface area contributed by atoms with Gasteiger partial charge in [0.2, 0.25) is 0 Å². The summed E-state index contributed by atoms with van der Waals surface area (Å²) in [5.41, 5.74) is 2.11. The van der Waals surface area contributed by atoms with Crippen molar-refractivity contribution >= 4 is 0 Å². The van der Waals surface area contributed by atoms with E-state index >= 15 is 0 Å². The fourth-order valence-corrected chi connectivity index (χ4v) is 1.36. The maximum Gasteiger partial charge on any atom is 0.131 e. The second-order valence-corrected chi connectivity index (χ2v) is 3.19. The minimum Gasteiger partial charge on any atom is -0.380 e. The lowest BCUT2D eigenvalue weighted by atomic mass is 10.0. The third-order valence-electron chi connectivity index (χ3n) is 2.18. The standard InChI is InChI=1S/C11H15FO2/c1-8-9(6-13-2)4-5-10(7-14-3)11(8)12/h4-5H,6-7H2,1-3H3. The summed E-state index contributed by atoms with van der Waals surface area (Å²) in [5, 5.41) is 0. The van der Waals surface area contributed by atoms with Crippen molar-refractivity contribution in [1.82, 2.24) is 0 Å². The zero-order chi connectivity index (χ0) is 10.6. The molecule has 0 fully saturated rings. The van der Waals surface area contributed by atoms with Crippen LogP contribution in [0.4, 0.5) is 4.39 Å². The van der Waals surface area contributed by atoms with Crippen LogP contribution in [0.15, 0.2) is 12.1 Å². The van der Waals surface area contributed by atoms with Gasteiger partial charge in [0.05, 0.1) is 13.2 Å². The maximum absolute atomic E-state index is 13.6. The molecule has 0 atom stereocenters. The predicted molar refractivity (Wildman–Crippen MR) is 52.6 cm³/mol. The fourth-order valence-electron chi connectivity index (χ4n) is 1.36. The highest BCUT2D eigenvalue weighted by Crippen LogP contribution is 2.18. The summed E-state index contributed by atoms with van der Waals surface area (Å²) in [5.74, 6) is -0.193. The van der Waals surface area contributed by atoms with Gasteiger partial charge in [-0.25, -0.2) is 4.39 Å². The Morgan fingerprint density at radius 1 is 1.07 bits per heavy atom. The van der Waals surface area contributed by atoms with Crippen LogP contribution in [0.2, 0.25) is 0 Å². The fraction of sp³-hybridized carbons (Fsp3) is 0.455. The van der Waals surface area contributed by atoms with Crippen molar-refractivity contribution in [3.63, 3.8) is 0 Å². The molecule has 0 aliphatic carbocycles. The second kappa shape index (κ2) is 5.08. The molecule has 0 spiro atoms. The van der Waals surface area contributed by atoms with Gasteiger partial charge >= 0.3 is 0 Å². The van der Waals surface area contributed by atoms with Crippen molar-refractivity contribution in [2.45, 2.75) is 20.1 Å². The second-order valence-electron chi connectivity index (χ2n) is 3.19. The van der Waals surface area contributed by atoms with Gasteiger partial charge in [-0.15, -0.1) is 0 Å². The van der Waals surface area contributed by atoms with Gasteiger partial charge in [-0.05, 0) is 18.1 Å². The van der Waals surface area contributed by atoms with Gasteiger partial charge in [0, 0.05) is 19.8 Å². The number of benzene rings is 1. The molecule has 78 valence electrons. The van der Waals surface area contributed by atoms with E-state index in [1.807, 2.05) is 6.07 Å².